The van der Waals surface area contributed by atoms with Crippen molar-refractivity contribution in [3.05, 3.63) is 125 Å². The fourth-order valence-corrected chi connectivity index (χ4v) is 5.07. The van der Waals surface area contributed by atoms with Crippen LogP contribution in [0.25, 0.3) is 11.1 Å². The van der Waals surface area contributed by atoms with E-state index in [9.17, 15) is 23.9 Å². The average molecular weight is 569 g/mol. The minimum atomic E-state index is -1.35. The number of carbonyl (C=O) groups excluding carboxylic acids is 2. The van der Waals surface area contributed by atoms with Crippen LogP contribution in [0.15, 0.2) is 97.1 Å². The highest BCUT2D eigenvalue weighted by molar-refractivity contribution is 5.98. The van der Waals surface area contributed by atoms with Gasteiger partial charge in [-0.3, -0.25) is 4.79 Å². The lowest BCUT2D eigenvalue weighted by molar-refractivity contribution is -0.121. The molecule has 0 radical (unpaired) electrons. The van der Waals surface area contributed by atoms with Gasteiger partial charge in [0.2, 0.25) is 5.91 Å². The van der Waals surface area contributed by atoms with Crippen molar-refractivity contribution >= 4 is 23.7 Å². The molecule has 0 saturated heterocycles. The number of carbonyl (C=O) groups is 3. The summed E-state index contributed by atoms with van der Waals surface area (Å²) < 4.78 is 25.6. The molecule has 0 saturated carbocycles. The van der Waals surface area contributed by atoms with Crippen LogP contribution in [0.3, 0.4) is 0 Å². The maximum Gasteiger partial charge on any atom is 0.407 e. The van der Waals surface area contributed by atoms with E-state index in [0.29, 0.717) is 0 Å². The number of halogens is 1. The van der Waals surface area contributed by atoms with E-state index >= 15 is 0 Å². The molecule has 4 aromatic rings. The Morgan fingerprint density at radius 3 is 2.14 bits per heavy atom. The van der Waals surface area contributed by atoms with Crippen molar-refractivity contribution in [3.63, 3.8) is 0 Å². The van der Waals surface area contributed by atoms with Gasteiger partial charge in [0, 0.05) is 11.6 Å². The third kappa shape index (κ3) is 6.47. The Morgan fingerprint density at radius 1 is 0.881 bits per heavy atom. The van der Waals surface area contributed by atoms with E-state index in [-0.39, 0.29) is 30.4 Å². The van der Waals surface area contributed by atoms with Gasteiger partial charge in [0.05, 0.1) is 18.3 Å². The first-order valence-corrected chi connectivity index (χ1v) is 13.4. The highest BCUT2D eigenvalue weighted by atomic mass is 19.1. The van der Waals surface area contributed by atoms with Gasteiger partial charge < -0.3 is 25.2 Å². The van der Waals surface area contributed by atoms with Crippen LogP contribution in [-0.4, -0.2) is 41.8 Å². The zero-order valence-electron chi connectivity index (χ0n) is 22.8. The molecule has 4 aromatic carbocycles. The predicted octanol–water partition coefficient (Wildman–Crippen LogP) is 5.98. The zero-order chi connectivity index (χ0) is 29.6. The fraction of sp³-hybridized carbons (Fsp3) is 0.182. The number of anilines is 1. The van der Waals surface area contributed by atoms with Crippen molar-refractivity contribution < 1.29 is 33.4 Å². The second kappa shape index (κ2) is 12.7. The first kappa shape index (κ1) is 28.5. The minimum Gasteiger partial charge on any atom is -0.478 e. The number of alkyl carbamates (subject to hydrolysis) is 1. The topological polar surface area (TPSA) is 114 Å². The van der Waals surface area contributed by atoms with Gasteiger partial charge in [0.25, 0.3) is 0 Å². The summed E-state index contributed by atoms with van der Waals surface area (Å²) in [7, 11) is 0. The summed E-state index contributed by atoms with van der Waals surface area (Å²) in [6.45, 7) is 1.83. The van der Waals surface area contributed by atoms with Gasteiger partial charge in [-0.25, -0.2) is 14.0 Å². The summed E-state index contributed by atoms with van der Waals surface area (Å²) in [6, 6.07) is 26.9. The highest BCUT2D eigenvalue weighted by Gasteiger charge is 2.32. The molecule has 2 unspecified atom stereocenters. The molecule has 9 heteroatoms. The van der Waals surface area contributed by atoms with Gasteiger partial charge in [-0.2, -0.15) is 0 Å². The third-order valence-electron chi connectivity index (χ3n) is 7.14. The SMILES string of the molecule is CC(OCc1ccccc1)C(NC(=O)OCC1c2ccccc2-c2ccccc21)C(=O)Nc1cc(F)cc(C(=O)O)c1. The summed E-state index contributed by atoms with van der Waals surface area (Å²) >= 11 is 0. The normalized spacial score (nSPS) is 13.4. The number of hydrogen-bond acceptors (Lipinski definition) is 5. The Labute approximate surface area is 242 Å². The lowest BCUT2D eigenvalue weighted by atomic mass is 9.98. The maximum atomic E-state index is 14.0. The van der Waals surface area contributed by atoms with Crippen LogP contribution < -0.4 is 10.6 Å². The monoisotopic (exact) mass is 568 g/mol. The number of aromatic carboxylic acids is 1. The quantitative estimate of drug-likeness (QED) is 0.217. The van der Waals surface area contributed by atoms with Crippen LogP contribution in [0.2, 0.25) is 0 Å². The van der Waals surface area contributed by atoms with Crippen molar-refractivity contribution in [1.82, 2.24) is 5.32 Å². The Balaban J connectivity index is 1.31. The number of benzene rings is 4. The Bertz CT molecular complexity index is 1560. The van der Waals surface area contributed by atoms with Crippen LogP contribution in [0, 0.1) is 5.82 Å². The number of nitrogens with one attached hydrogen (secondary N) is 2. The number of rotatable bonds is 10. The third-order valence-corrected chi connectivity index (χ3v) is 7.14. The molecule has 2 atom stereocenters. The summed E-state index contributed by atoms with van der Waals surface area (Å²) in [5.41, 5.74) is 4.70. The molecule has 8 nitrogen and oxygen atoms in total. The molecule has 0 spiro atoms. The van der Waals surface area contributed by atoms with E-state index in [4.69, 9.17) is 9.47 Å². The number of carboxylic acids is 1. The van der Waals surface area contributed by atoms with Gasteiger partial charge in [-0.05, 0) is 52.9 Å². The van der Waals surface area contributed by atoms with Crippen molar-refractivity contribution in [1.29, 1.82) is 0 Å². The van der Waals surface area contributed by atoms with Crippen LogP contribution in [0.4, 0.5) is 14.9 Å². The fourth-order valence-electron chi connectivity index (χ4n) is 5.07. The smallest absolute Gasteiger partial charge is 0.407 e. The number of hydrogen-bond donors (Lipinski definition) is 3. The molecular weight excluding hydrogens is 539 g/mol. The summed E-state index contributed by atoms with van der Waals surface area (Å²) in [5.74, 6) is -3.09. The van der Waals surface area contributed by atoms with Crippen LogP contribution in [0.1, 0.15) is 39.9 Å². The van der Waals surface area contributed by atoms with Gasteiger partial charge in [0.1, 0.15) is 18.5 Å². The average Bonchev–Trinajstić information content (AvgIpc) is 3.31. The van der Waals surface area contributed by atoms with Crippen molar-refractivity contribution in [2.45, 2.75) is 31.6 Å². The van der Waals surface area contributed by atoms with E-state index in [0.717, 1.165) is 46.0 Å². The Morgan fingerprint density at radius 2 is 1.50 bits per heavy atom. The molecule has 0 aromatic heterocycles. The molecule has 42 heavy (non-hydrogen) atoms. The maximum absolute atomic E-state index is 14.0. The second-order valence-corrected chi connectivity index (χ2v) is 9.97. The van der Waals surface area contributed by atoms with Gasteiger partial charge in [-0.1, -0.05) is 78.9 Å². The molecule has 3 N–H and O–H groups in total. The molecule has 1 aliphatic rings. The summed E-state index contributed by atoms with van der Waals surface area (Å²) in [5, 5.41) is 14.3. The Hall–Kier alpha value is -5.02. The lowest BCUT2D eigenvalue weighted by Gasteiger charge is -2.25. The predicted molar refractivity (Wildman–Crippen MR) is 155 cm³/mol. The van der Waals surface area contributed by atoms with Crippen molar-refractivity contribution in [2.24, 2.45) is 0 Å². The molecule has 2 amide bonds. The van der Waals surface area contributed by atoms with Crippen molar-refractivity contribution in [2.75, 3.05) is 11.9 Å². The molecule has 1 aliphatic carbocycles. The molecule has 0 heterocycles. The largest absolute Gasteiger partial charge is 0.478 e. The molecule has 0 fully saturated rings. The van der Waals surface area contributed by atoms with Crippen LogP contribution in [0.5, 0.6) is 0 Å². The van der Waals surface area contributed by atoms with Gasteiger partial charge in [-0.15, -0.1) is 0 Å². The first-order chi connectivity index (χ1) is 20.3. The van der Waals surface area contributed by atoms with Crippen molar-refractivity contribution in [3.8, 4) is 11.1 Å². The van der Waals surface area contributed by atoms with E-state index < -0.39 is 35.9 Å². The molecule has 5 rings (SSSR count). The minimum absolute atomic E-state index is 0.0410. The number of amides is 2. The molecule has 0 bridgehead atoms. The van der Waals surface area contributed by atoms with E-state index in [1.807, 2.05) is 78.9 Å². The van der Waals surface area contributed by atoms with E-state index in [1.165, 1.54) is 0 Å². The van der Waals surface area contributed by atoms with Gasteiger partial charge in [0.15, 0.2) is 0 Å². The van der Waals surface area contributed by atoms with Gasteiger partial charge >= 0.3 is 12.1 Å². The van der Waals surface area contributed by atoms with Crippen LogP contribution >= 0.6 is 0 Å². The number of fused-ring (bicyclic) bond motifs is 3. The lowest BCUT2D eigenvalue weighted by Crippen LogP contribution is -2.51. The van der Waals surface area contributed by atoms with Crippen LogP contribution in [-0.2, 0) is 20.9 Å². The number of carboxylic acid groups (broad SMARTS) is 1. The summed E-state index contributed by atoms with van der Waals surface area (Å²) in [4.78, 5) is 37.8. The Kier molecular flexibility index (Phi) is 8.59. The molecule has 214 valence electrons. The summed E-state index contributed by atoms with van der Waals surface area (Å²) in [6.07, 6.45) is -1.67. The molecule has 0 aliphatic heterocycles. The first-order valence-electron chi connectivity index (χ1n) is 13.4. The molecular formula is C33H29FN2O6. The standard InChI is InChI=1S/C33H29FN2O6/c1-20(41-18-21-9-3-2-4-10-21)30(31(37)35-24-16-22(32(38)39)15-23(34)17-24)36-33(40)42-19-29-27-13-7-5-11-25(27)26-12-6-8-14-28(26)29/h2-17,20,29-30H,18-19H2,1H3,(H,35,37)(H,36,40)(H,38,39). The van der Waals surface area contributed by atoms with E-state index in [1.54, 1.807) is 6.92 Å². The highest BCUT2D eigenvalue weighted by Crippen LogP contribution is 2.44. The zero-order valence-corrected chi connectivity index (χ0v) is 22.8. The number of ether oxygens (including phenoxy) is 2. The van der Waals surface area contributed by atoms with E-state index in [2.05, 4.69) is 10.6 Å². The second-order valence-electron chi connectivity index (χ2n) is 9.97.